The van der Waals surface area contributed by atoms with Crippen molar-refractivity contribution in [1.29, 1.82) is 0 Å². The molecule has 0 aromatic heterocycles. The molecule has 2 aliphatic heterocycles. The van der Waals surface area contributed by atoms with Crippen LogP contribution in [0.1, 0.15) is 25.7 Å². The SMILES string of the molecule is Cl.NCCC(O)C(=O)N[C@@H]1C[C@H](N)[C@@H](O[C@H]2O[C@H](CN)CC[C@H]2N)[C@H](O)[C@H]1O[C@H]1O[C@H](CO)[C@@H](O)[C@H](N)[C@H]1O. The Labute approximate surface area is 232 Å². The average Bonchev–Trinajstić information content (AvgIpc) is 2.89. The molecule has 0 radical (unpaired) electrons. The van der Waals surface area contributed by atoms with Gasteiger partial charge in [0.2, 0.25) is 5.91 Å². The summed E-state index contributed by atoms with van der Waals surface area (Å²) in [6, 6.07) is -3.54. The van der Waals surface area contributed by atoms with E-state index in [2.05, 4.69) is 5.32 Å². The van der Waals surface area contributed by atoms with Crippen molar-refractivity contribution >= 4 is 18.3 Å². The van der Waals surface area contributed by atoms with E-state index in [0.717, 1.165) is 0 Å². The van der Waals surface area contributed by atoms with Crippen molar-refractivity contribution in [2.75, 3.05) is 19.7 Å². The molecular formula is C22H45ClN6O10. The lowest BCUT2D eigenvalue weighted by molar-refractivity contribution is -0.314. The standard InChI is InChI=1S/C22H44N6O10.ClH/c23-4-3-12(30)20(34)28-11-5-10(26)18(37-21-9(25)2-1-8(6-24)35-21)17(33)19(11)38-22-16(32)14(27)15(31)13(7-29)36-22;/h8-19,21-22,29-33H,1-7,23-27H2,(H,28,34);1H/t8-,9+,10-,11+,12?,13+,14-,15+,16+,17-,18+,19-,21+,22+;/m0./s1. The van der Waals surface area contributed by atoms with Gasteiger partial charge in [-0.2, -0.15) is 0 Å². The zero-order valence-electron chi connectivity index (χ0n) is 21.6. The van der Waals surface area contributed by atoms with Gasteiger partial charge in [0.15, 0.2) is 12.6 Å². The molecule has 1 aliphatic carbocycles. The number of aliphatic hydroxyl groups is 5. The first-order valence-electron chi connectivity index (χ1n) is 12.9. The Morgan fingerprint density at radius 1 is 0.949 bits per heavy atom. The maximum Gasteiger partial charge on any atom is 0.249 e. The van der Waals surface area contributed by atoms with Crippen molar-refractivity contribution in [1.82, 2.24) is 5.32 Å². The molecule has 1 amide bonds. The fraction of sp³-hybridized carbons (Fsp3) is 0.955. The Bertz CT molecular complexity index is 762. The Morgan fingerprint density at radius 3 is 2.23 bits per heavy atom. The maximum atomic E-state index is 12.6. The summed E-state index contributed by atoms with van der Waals surface area (Å²) in [6.45, 7) is -0.296. The first-order valence-corrected chi connectivity index (χ1v) is 12.9. The number of halogens is 1. The summed E-state index contributed by atoms with van der Waals surface area (Å²) in [5.41, 5.74) is 29.6. The largest absolute Gasteiger partial charge is 0.394 e. The molecule has 3 rings (SSSR count). The minimum absolute atomic E-state index is 0. The summed E-state index contributed by atoms with van der Waals surface area (Å²) in [5.74, 6) is -0.762. The Morgan fingerprint density at radius 2 is 1.62 bits per heavy atom. The number of aliphatic hydroxyl groups excluding tert-OH is 5. The fourth-order valence-electron chi connectivity index (χ4n) is 5.02. The number of carbonyl (C=O) groups is 1. The number of nitrogens with two attached hydrogens (primary N) is 5. The van der Waals surface area contributed by atoms with E-state index >= 15 is 0 Å². The van der Waals surface area contributed by atoms with Crippen molar-refractivity contribution in [2.45, 2.75) is 111 Å². The molecule has 0 spiro atoms. The zero-order chi connectivity index (χ0) is 28.1. The van der Waals surface area contributed by atoms with Gasteiger partial charge >= 0.3 is 0 Å². The summed E-state index contributed by atoms with van der Waals surface area (Å²) < 4.78 is 23.3. The normalized spacial score (nSPS) is 43.8. The van der Waals surface area contributed by atoms with Crippen LogP contribution in [0, 0.1) is 0 Å². The summed E-state index contributed by atoms with van der Waals surface area (Å²) in [7, 11) is 0. The molecule has 17 heteroatoms. The van der Waals surface area contributed by atoms with Gasteiger partial charge in [-0.3, -0.25) is 4.79 Å². The Balaban J connectivity index is 0.00000533. The van der Waals surface area contributed by atoms with Gasteiger partial charge in [0, 0.05) is 12.6 Å². The van der Waals surface area contributed by atoms with Crippen LogP contribution in [0.15, 0.2) is 0 Å². The lowest BCUT2D eigenvalue weighted by atomic mass is 9.83. The van der Waals surface area contributed by atoms with Crippen LogP contribution in [0.4, 0.5) is 0 Å². The summed E-state index contributed by atoms with van der Waals surface area (Å²) in [5, 5.41) is 54.4. The van der Waals surface area contributed by atoms with Crippen molar-refractivity contribution in [3.63, 3.8) is 0 Å². The molecular weight excluding hydrogens is 544 g/mol. The highest BCUT2D eigenvalue weighted by molar-refractivity contribution is 5.85. The van der Waals surface area contributed by atoms with Gasteiger partial charge in [-0.05, 0) is 32.2 Å². The third kappa shape index (κ3) is 8.15. The molecule has 14 atom stereocenters. The van der Waals surface area contributed by atoms with Crippen molar-refractivity contribution in [3.05, 3.63) is 0 Å². The number of nitrogens with one attached hydrogen (secondary N) is 1. The molecule has 0 aromatic carbocycles. The third-order valence-electron chi connectivity index (χ3n) is 7.37. The van der Waals surface area contributed by atoms with Gasteiger partial charge < -0.3 is 78.5 Å². The lowest BCUT2D eigenvalue weighted by Crippen LogP contribution is -2.69. The van der Waals surface area contributed by atoms with Crippen molar-refractivity contribution < 1.29 is 49.3 Å². The topological polar surface area (TPSA) is 297 Å². The van der Waals surface area contributed by atoms with E-state index in [1.54, 1.807) is 0 Å². The molecule has 3 aliphatic rings. The van der Waals surface area contributed by atoms with Gasteiger partial charge in [-0.15, -0.1) is 12.4 Å². The van der Waals surface area contributed by atoms with Crippen LogP contribution in [-0.4, -0.2) is 137 Å². The van der Waals surface area contributed by atoms with Crippen LogP contribution < -0.4 is 34.0 Å². The van der Waals surface area contributed by atoms with Gasteiger partial charge in [0.05, 0.1) is 30.8 Å². The van der Waals surface area contributed by atoms with Gasteiger partial charge in [0.1, 0.15) is 42.7 Å². The van der Waals surface area contributed by atoms with E-state index in [4.69, 9.17) is 47.6 Å². The Hall–Kier alpha value is -0.800. The summed E-state index contributed by atoms with van der Waals surface area (Å²) in [4.78, 5) is 12.6. The van der Waals surface area contributed by atoms with E-state index < -0.39 is 92.0 Å². The number of rotatable bonds is 10. The summed E-state index contributed by atoms with van der Waals surface area (Å²) >= 11 is 0. The number of ether oxygens (including phenoxy) is 4. The average molecular weight is 589 g/mol. The molecule has 16 N–H and O–H groups in total. The van der Waals surface area contributed by atoms with E-state index in [0.29, 0.717) is 12.8 Å². The van der Waals surface area contributed by atoms with E-state index in [1.807, 2.05) is 0 Å². The molecule has 0 aromatic rings. The predicted molar refractivity (Wildman–Crippen MR) is 138 cm³/mol. The monoisotopic (exact) mass is 588 g/mol. The molecule has 1 unspecified atom stereocenters. The van der Waals surface area contributed by atoms with Crippen LogP contribution in [0.5, 0.6) is 0 Å². The second-order valence-corrected chi connectivity index (χ2v) is 10.2. The second-order valence-electron chi connectivity index (χ2n) is 10.2. The maximum absolute atomic E-state index is 12.6. The van der Waals surface area contributed by atoms with Crippen LogP contribution in [-0.2, 0) is 23.7 Å². The summed E-state index contributed by atoms with van der Waals surface area (Å²) in [6.07, 6.45) is -10.8. The smallest absolute Gasteiger partial charge is 0.249 e. The Kier molecular flexibility index (Phi) is 13.6. The highest BCUT2D eigenvalue weighted by Gasteiger charge is 2.51. The van der Waals surface area contributed by atoms with Gasteiger partial charge in [-0.1, -0.05) is 0 Å². The quantitative estimate of drug-likeness (QED) is 0.113. The van der Waals surface area contributed by atoms with Crippen LogP contribution >= 0.6 is 12.4 Å². The molecule has 2 heterocycles. The van der Waals surface area contributed by atoms with Crippen molar-refractivity contribution in [3.8, 4) is 0 Å². The van der Waals surface area contributed by atoms with Crippen LogP contribution in [0.25, 0.3) is 0 Å². The van der Waals surface area contributed by atoms with Crippen LogP contribution in [0.2, 0.25) is 0 Å². The fourth-order valence-corrected chi connectivity index (χ4v) is 5.02. The lowest BCUT2D eigenvalue weighted by Gasteiger charge is -2.48. The van der Waals surface area contributed by atoms with Crippen LogP contribution in [0.3, 0.4) is 0 Å². The molecule has 0 bridgehead atoms. The molecule has 1 saturated carbocycles. The number of amides is 1. The minimum atomic E-state index is -1.55. The second kappa shape index (κ2) is 15.4. The molecule has 2 saturated heterocycles. The number of hydrogen-bond acceptors (Lipinski definition) is 15. The van der Waals surface area contributed by atoms with Gasteiger partial charge in [0.25, 0.3) is 0 Å². The number of carbonyl (C=O) groups excluding carboxylic acids is 1. The first-order chi connectivity index (χ1) is 18.0. The highest BCUT2D eigenvalue weighted by atomic mass is 35.5. The molecule has 16 nitrogen and oxygen atoms in total. The van der Waals surface area contributed by atoms with Crippen molar-refractivity contribution in [2.24, 2.45) is 28.7 Å². The van der Waals surface area contributed by atoms with E-state index in [9.17, 15) is 30.3 Å². The molecule has 39 heavy (non-hydrogen) atoms. The highest BCUT2D eigenvalue weighted by Crippen LogP contribution is 2.31. The molecule has 3 fully saturated rings. The van der Waals surface area contributed by atoms with E-state index in [1.165, 1.54) is 0 Å². The predicted octanol–water partition coefficient (Wildman–Crippen LogP) is -5.98. The zero-order valence-corrected chi connectivity index (χ0v) is 22.4. The number of hydrogen-bond donors (Lipinski definition) is 11. The third-order valence-corrected chi connectivity index (χ3v) is 7.37. The molecule has 230 valence electrons. The van der Waals surface area contributed by atoms with E-state index in [-0.39, 0.29) is 44.4 Å². The first kappa shape index (κ1) is 34.4. The minimum Gasteiger partial charge on any atom is -0.394 e. The van der Waals surface area contributed by atoms with Gasteiger partial charge in [-0.25, -0.2) is 0 Å².